The van der Waals surface area contributed by atoms with Gasteiger partial charge in [-0.15, -0.1) is 0 Å². The minimum Gasteiger partial charge on any atom is -0.309 e. The number of rotatable bonds is 6. The maximum absolute atomic E-state index is 2.40. The van der Waals surface area contributed by atoms with Gasteiger partial charge in [-0.2, -0.15) is 0 Å². The second-order valence-electron chi connectivity index (χ2n) is 14.7. The highest BCUT2D eigenvalue weighted by Gasteiger charge is 2.18. The number of hydrogen-bond donors (Lipinski definition) is 0. The molecule has 0 N–H and O–H groups in total. The van der Waals surface area contributed by atoms with Gasteiger partial charge in [0.1, 0.15) is 0 Å². The Bertz CT molecular complexity index is 2650. The first-order valence-corrected chi connectivity index (χ1v) is 19.1. The second kappa shape index (κ2) is 14.6. The van der Waals surface area contributed by atoms with Crippen molar-refractivity contribution in [2.24, 2.45) is 0 Å². The van der Waals surface area contributed by atoms with Crippen molar-refractivity contribution in [1.29, 1.82) is 0 Å². The molecule has 7 aromatic carbocycles. The number of hydrogen-bond acceptors (Lipinski definition) is 0. The lowest BCUT2D eigenvalue weighted by molar-refractivity contribution is 0.590. The number of nitrogens with zero attached hydrogens (tertiary/aromatic N) is 2. The Labute approximate surface area is 319 Å². The van der Waals surface area contributed by atoms with Crippen molar-refractivity contribution in [3.63, 3.8) is 0 Å². The van der Waals surface area contributed by atoms with Gasteiger partial charge in [-0.05, 0) is 105 Å². The smallest absolute Gasteiger partial charge is 0.0540 e. The zero-order valence-electron chi connectivity index (χ0n) is 31.8. The van der Waals surface area contributed by atoms with Crippen LogP contribution in [0.15, 0.2) is 188 Å². The SMILES string of the molecule is CC.CC(C)(C)c1ccc(-n2c(-c3ccccc3)cc3cc(-c4ccc5c(c4)cc(-c4ccccc4)n5-c4ccc(-c5ccccc5)cc4)ccc32)cc1. The molecule has 0 saturated heterocycles. The lowest BCUT2D eigenvalue weighted by Gasteiger charge is -2.20. The summed E-state index contributed by atoms with van der Waals surface area (Å²) in [6, 6.07) is 68.5. The molecular formula is C52H46N2. The summed E-state index contributed by atoms with van der Waals surface area (Å²) >= 11 is 0. The monoisotopic (exact) mass is 698 g/mol. The Kier molecular flexibility index (Phi) is 9.36. The molecule has 9 aromatic rings. The van der Waals surface area contributed by atoms with E-state index in [9.17, 15) is 0 Å². The van der Waals surface area contributed by atoms with Crippen molar-refractivity contribution in [3.8, 4) is 56.1 Å². The quantitative estimate of drug-likeness (QED) is 0.164. The van der Waals surface area contributed by atoms with Gasteiger partial charge in [0, 0.05) is 22.1 Å². The van der Waals surface area contributed by atoms with Gasteiger partial charge in [0.15, 0.2) is 0 Å². The van der Waals surface area contributed by atoms with E-state index in [1.165, 1.54) is 77.8 Å². The zero-order chi connectivity index (χ0) is 37.2. The number of benzene rings is 7. The Balaban J connectivity index is 0.00000203. The summed E-state index contributed by atoms with van der Waals surface area (Å²) in [5.74, 6) is 0. The van der Waals surface area contributed by atoms with E-state index in [0.29, 0.717) is 0 Å². The van der Waals surface area contributed by atoms with Crippen LogP contribution in [0.5, 0.6) is 0 Å². The molecule has 0 spiro atoms. The van der Waals surface area contributed by atoms with E-state index in [1.54, 1.807) is 0 Å². The predicted molar refractivity (Wildman–Crippen MR) is 232 cm³/mol. The summed E-state index contributed by atoms with van der Waals surface area (Å²) in [4.78, 5) is 0. The molecular weight excluding hydrogens is 653 g/mol. The molecule has 2 heteroatoms. The molecule has 0 fully saturated rings. The van der Waals surface area contributed by atoms with Crippen molar-refractivity contribution in [2.75, 3.05) is 0 Å². The van der Waals surface area contributed by atoms with Gasteiger partial charge in [-0.25, -0.2) is 0 Å². The molecule has 0 radical (unpaired) electrons. The van der Waals surface area contributed by atoms with Gasteiger partial charge in [-0.1, -0.05) is 162 Å². The summed E-state index contributed by atoms with van der Waals surface area (Å²) in [6.45, 7) is 10.8. The van der Waals surface area contributed by atoms with Crippen LogP contribution < -0.4 is 0 Å². The predicted octanol–water partition coefficient (Wildman–Crippen LogP) is 14.6. The lowest BCUT2D eigenvalue weighted by atomic mass is 9.87. The van der Waals surface area contributed by atoms with Crippen LogP contribution in [0, 0.1) is 0 Å². The summed E-state index contributed by atoms with van der Waals surface area (Å²) in [7, 11) is 0. The molecule has 2 nitrogen and oxygen atoms in total. The van der Waals surface area contributed by atoms with Crippen molar-refractivity contribution < 1.29 is 0 Å². The lowest BCUT2D eigenvalue weighted by Crippen LogP contribution is -2.10. The van der Waals surface area contributed by atoms with Gasteiger partial charge in [-0.3, -0.25) is 0 Å². The maximum atomic E-state index is 2.40. The maximum Gasteiger partial charge on any atom is 0.0540 e. The normalized spacial score (nSPS) is 11.4. The van der Waals surface area contributed by atoms with Gasteiger partial charge < -0.3 is 9.13 Å². The minimum absolute atomic E-state index is 0.103. The molecule has 2 heterocycles. The largest absolute Gasteiger partial charge is 0.309 e. The van der Waals surface area contributed by atoms with Gasteiger partial charge in [0.05, 0.1) is 22.4 Å². The molecule has 264 valence electrons. The molecule has 0 amide bonds. The average molecular weight is 699 g/mol. The second-order valence-corrected chi connectivity index (χ2v) is 14.7. The summed E-state index contributed by atoms with van der Waals surface area (Å²) < 4.78 is 4.79. The highest BCUT2D eigenvalue weighted by Crippen LogP contribution is 2.38. The van der Waals surface area contributed by atoms with E-state index >= 15 is 0 Å². The topological polar surface area (TPSA) is 9.86 Å². The molecule has 54 heavy (non-hydrogen) atoms. The van der Waals surface area contributed by atoms with Crippen molar-refractivity contribution in [3.05, 3.63) is 194 Å². The van der Waals surface area contributed by atoms with Crippen LogP contribution in [-0.2, 0) is 5.41 Å². The average Bonchev–Trinajstić information content (AvgIpc) is 3.81. The van der Waals surface area contributed by atoms with E-state index in [2.05, 4.69) is 218 Å². The third-order valence-corrected chi connectivity index (χ3v) is 10.3. The van der Waals surface area contributed by atoms with Crippen molar-refractivity contribution in [1.82, 2.24) is 9.13 Å². The molecule has 0 aliphatic carbocycles. The van der Waals surface area contributed by atoms with E-state index in [-0.39, 0.29) is 5.41 Å². The Morgan fingerprint density at radius 1 is 0.333 bits per heavy atom. The third kappa shape index (κ3) is 6.57. The fourth-order valence-corrected chi connectivity index (χ4v) is 7.53. The fraction of sp³-hybridized carbons (Fsp3) is 0.115. The molecule has 9 rings (SSSR count). The fourth-order valence-electron chi connectivity index (χ4n) is 7.53. The first-order valence-electron chi connectivity index (χ1n) is 19.1. The van der Waals surface area contributed by atoms with E-state index in [0.717, 1.165) is 5.69 Å². The van der Waals surface area contributed by atoms with Gasteiger partial charge in [0.25, 0.3) is 0 Å². The highest BCUT2D eigenvalue weighted by atomic mass is 15.0. The van der Waals surface area contributed by atoms with Crippen LogP contribution in [0.3, 0.4) is 0 Å². The zero-order valence-corrected chi connectivity index (χ0v) is 31.8. The summed E-state index contributed by atoms with van der Waals surface area (Å²) in [6.07, 6.45) is 0. The molecule has 0 aliphatic heterocycles. The van der Waals surface area contributed by atoms with Crippen molar-refractivity contribution >= 4 is 21.8 Å². The third-order valence-electron chi connectivity index (χ3n) is 10.3. The van der Waals surface area contributed by atoms with Gasteiger partial charge >= 0.3 is 0 Å². The summed E-state index contributed by atoms with van der Waals surface area (Å²) in [5.41, 5.74) is 15.7. The first-order chi connectivity index (χ1) is 26.4. The van der Waals surface area contributed by atoms with E-state index in [4.69, 9.17) is 0 Å². The molecule has 0 bridgehead atoms. The van der Waals surface area contributed by atoms with Crippen LogP contribution >= 0.6 is 0 Å². The Hall–Kier alpha value is -6.38. The molecule has 0 saturated carbocycles. The van der Waals surface area contributed by atoms with Gasteiger partial charge in [0.2, 0.25) is 0 Å². The number of aromatic nitrogens is 2. The highest BCUT2D eigenvalue weighted by molar-refractivity contribution is 5.96. The minimum atomic E-state index is 0.103. The molecule has 2 aromatic heterocycles. The van der Waals surface area contributed by atoms with Crippen LogP contribution in [0.2, 0.25) is 0 Å². The molecule has 0 aliphatic rings. The van der Waals surface area contributed by atoms with Crippen LogP contribution in [0.4, 0.5) is 0 Å². The van der Waals surface area contributed by atoms with Crippen LogP contribution in [0.25, 0.3) is 77.9 Å². The Morgan fingerprint density at radius 2 is 0.685 bits per heavy atom. The van der Waals surface area contributed by atoms with Crippen LogP contribution in [-0.4, -0.2) is 9.13 Å². The van der Waals surface area contributed by atoms with Crippen LogP contribution in [0.1, 0.15) is 40.2 Å². The first kappa shape index (κ1) is 34.7. The molecule has 0 atom stereocenters. The number of fused-ring (bicyclic) bond motifs is 2. The standard InChI is InChI=1S/C50H40N2.C2H6/c1-50(2,3)43-23-27-45(28-24-43)52-47-30-22-40(32-42(47)34-49(52)38-17-11-6-12-18-38)39-21-29-46-41(31-39)33-48(37-15-9-5-10-16-37)51(46)44-25-19-36(20-26-44)35-13-7-4-8-14-35;1-2/h4-34H,1-3H3;1-2H3. The van der Waals surface area contributed by atoms with E-state index in [1.807, 2.05) is 13.8 Å². The Morgan fingerprint density at radius 3 is 1.09 bits per heavy atom. The van der Waals surface area contributed by atoms with E-state index < -0.39 is 0 Å². The summed E-state index contributed by atoms with van der Waals surface area (Å²) in [5, 5.41) is 2.43. The van der Waals surface area contributed by atoms with Crippen molar-refractivity contribution in [2.45, 2.75) is 40.0 Å². The molecule has 0 unspecified atom stereocenters.